The quantitative estimate of drug-likeness (QED) is 0.718. The van der Waals surface area contributed by atoms with Gasteiger partial charge in [0.25, 0.3) is 0 Å². The number of nitrogens with two attached hydrogens (primary N) is 1. The Morgan fingerprint density at radius 2 is 2.17 bits per heavy atom. The van der Waals surface area contributed by atoms with Gasteiger partial charge in [0.15, 0.2) is 0 Å². The van der Waals surface area contributed by atoms with Crippen LogP contribution in [0.5, 0.6) is 0 Å². The molecule has 6 heteroatoms. The maximum absolute atomic E-state index is 13.6. The molecule has 4 nitrogen and oxygen atoms in total. The number of nitrogen functional groups attached to an aromatic ring is 1. The van der Waals surface area contributed by atoms with Gasteiger partial charge in [-0.15, -0.1) is 0 Å². The van der Waals surface area contributed by atoms with Crippen LogP contribution in [0.25, 0.3) is 0 Å². The highest BCUT2D eigenvalue weighted by atomic mass is 32.2. The average Bonchev–Trinajstić information content (AvgIpc) is 2.27. The fourth-order valence-electron chi connectivity index (χ4n) is 1.29. The van der Waals surface area contributed by atoms with Crippen molar-refractivity contribution in [1.82, 2.24) is 0 Å². The molecule has 0 bridgehead atoms. The molecule has 0 heterocycles. The maximum atomic E-state index is 13.6. The van der Waals surface area contributed by atoms with E-state index >= 15 is 0 Å². The second-order valence-electron chi connectivity index (χ2n) is 4.54. The lowest BCUT2D eigenvalue weighted by atomic mass is 10.1. The number of halogens is 1. The molecule has 0 aliphatic rings. The average molecular weight is 272 g/mol. The minimum absolute atomic E-state index is 0.0722. The number of thioether (sulfide) groups is 1. The van der Waals surface area contributed by atoms with Crippen LogP contribution in [-0.4, -0.2) is 28.6 Å². The number of benzene rings is 1. The van der Waals surface area contributed by atoms with E-state index in [0.29, 0.717) is 6.54 Å². The first kappa shape index (κ1) is 14.6. The van der Waals surface area contributed by atoms with Crippen LogP contribution in [0.15, 0.2) is 12.1 Å². The van der Waals surface area contributed by atoms with Crippen molar-refractivity contribution in [2.45, 2.75) is 18.6 Å². The van der Waals surface area contributed by atoms with Gasteiger partial charge in [-0.2, -0.15) is 11.8 Å². The van der Waals surface area contributed by atoms with E-state index < -0.39 is 11.8 Å². The number of carboxylic acid groups (broad SMARTS) is 1. The first-order valence-corrected chi connectivity index (χ1v) is 6.60. The van der Waals surface area contributed by atoms with E-state index in [9.17, 15) is 9.18 Å². The molecule has 1 rings (SSSR count). The molecule has 0 unspecified atom stereocenters. The molecule has 0 amide bonds. The highest BCUT2D eigenvalue weighted by Gasteiger charge is 2.18. The van der Waals surface area contributed by atoms with Crippen molar-refractivity contribution in [3.63, 3.8) is 0 Å². The van der Waals surface area contributed by atoms with Gasteiger partial charge in [-0.3, -0.25) is 0 Å². The first-order chi connectivity index (χ1) is 8.26. The molecule has 0 aliphatic heterocycles. The third-order valence-corrected chi connectivity index (χ3v) is 3.88. The zero-order chi connectivity index (χ0) is 13.9. The number of nitrogens with one attached hydrogen (secondary N) is 1. The Morgan fingerprint density at radius 3 is 2.67 bits per heavy atom. The lowest BCUT2D eigenvalue weighted by Crippen LogP contribution is -2.26. The van der Waals surface area contributed by atoms with Crippen molar-refractivity contribution < 1.29 is 14.3 Å². The van der Waals surface area contributed by atoms with Crippen LogP contribution in [0.1, 0.15) is 24.2 Å². The number of hydrogen-bond acceptors (Lipinski definition) is 4. The van der Waals surface area contributed by atoms with Gasteiger partial charge in [-0.05, 0) is 32.2 Å². The van der Waals surface area contributed by atoms with Crippen LogP contribution >= 0.6 is 11.8 Å². The summed E-state index contributed by atoms with van der Waals surface area (Å²) in [6.07, 6.45) is 1.96. The smallest absolute Gasteiger partial charge is 0.337 e. The molecule has 0 saturated carbocycles. The van der Waals surface area contributed by atoms with Crippen LogP contribution in [-0.2, 0) is 0 Å². The fourth-order valence-corrected chi connectivity index (χ4v) is 1.51. The molecular weight excluding hydrogens is 255 g/mol. The Kier molecular flexibility index (Phi) is 4.45. The molecule has 0 spiro atoms. The van der Waals surface area contributed by atoms with E-state index in [1.54, 1.807) is 11.8 Å². The number of carbonyl (C=O) groups is 1. The van der Waals surface area contributed by atoms with E-state index in [2.05, 4.69) is 5.32 Å². The molecule has 100 valence electrons. The van der Waals surface area contributed by atoms with E-state index in [4.69, 9.17) is 10.8 Å². The highest BCUT2D eigenvalue weighted by Crippen LogP contribution is 2.25. The van der Waals surface area contributed by atoms with Crippen LogP contribution in [0.2, 0.25) is 0 Å². The van der Waals surface area contributed by atoms with Crippen molar-refractivity contribution >= 4 is 29.1 Å². The van der Waals surface area contributed by atoms with Gasteiger partial charge in [0, 0.05) is 17.0 Å². The summed E-state index contributed by atoms with van der Waals surface area (Å²) in [6, 6.07) is 2.25. The second kappa shape index (κ2) is 5.48. The zero-order valence-corrected chi connectivity index (χ0v) is 11.4. The predicted molar refractivity (Wildman–Crippen MR) is 73.9 cm³/mol. The number of rotatable bonds is 5. The summed E-state index contributed by atoms with van der Waals surface area (Å²) in [7, 11) is 0. The second-order valence-corrected chi connectivity index (χ2v) is 6.06. The number of carboxylic acids is 1. The third kappa shape index (κ3) is 3.53. The summed E-state index contributed by atoms with van der Waals surface area (Å²) in [5.74, 6) is -1.71. The van der Waals surface area contributed by atoms with Gasteiger partial charge in [0.2, 0.25) is 0 Å². The molecule has 0 atom stereocenters. The van der Waals surface area contributed by atoms with Crippen molar-refractivity contribution in [2.75, 3.05) is 23.9 Å². The van der Waals surface area contributed by atoms with Crippen LogP contribution in [0.4, 0.5) is 15.8 Å². The van der Waals surface area contributed by atoms with Gasteiger partial charge in [0.1, 0.15) is 5.82 Å². The van der Waals surface area contributed by atoms with Crippen LogP contribution in [0.3, 0.4) is 0 Å². The summed E-state index contributed by atoms with van der Waals surface area (Å²) in [5, 5.41) is 11.8. The van der Waals surface area contributed by atoms with Crippen molar-refractivity contribution in [3.05, 3.63) is 23.5 Å². The van der Waals surface area contributed by atoms with E-state index in [-0.39, 0.29) is 21.7 Å². The lowest BCUT2D eigenvalue weighted by molar-refractivity contribution is 0.0698. The Labute approximate surface area is 110 Å². The number of hydrogen-bond donors (Lipinski definition) is 3. The van der Waals surface area contributed by atoms with Gasteiger partial charge in [-0.25, -0.2) is 9.18 Å². The maximum Gasteiger partial charge on any atom is 0.337 e. The number of anilines is 2. The molecule has 0 aliphatic carbocycles. The van der Waals surface area contributed by atoms with Gasteiger partial charge < -0.3 is 16.2 Å². The summed E-state index contributed by atoms with van der Waals surface area (Å²) in [5.41, 5.74) is 5.43. The zero-order valence-electron chi connectivity index (χ0n) is 10.6. The lowest BCUT2D eigenvalue weighted by Gasteiger charge is -2.23. The third-order valence-electron chi connectivity index (χ3n) is 2.63. The van der Waals surface area contributed by atoms with Crippen molar-refractivity contribution in [2.24, 2.45) is 0 Å². The topological polar surface area (TPSA) is 75.3 Å². The molecule has 0 saturated heterocycles. The summed E-state index contributed by atoms with van der Waals surface area (Å²) < 4.78 is 13.6. The molecular formula is C12H17FN2O2S. The Hall–Kier alpha value is -1.43. The normalized spacial score (nSPS) is 11.3. The van der Waals surface area contributed by atoms with Gasteiger partial charge in [-0.1, -0.05) is 0 Å². The first-order valence-electron chi connectivity index (χ1n) is 5.38. The predicted octanol–water partition coefficient (Wildman–Crippen LogP) is 2.66. The Bertz CT molecular complexity index is 464. The largest absolute Gasteiger partial charge is 0.478 e. The molecule has 1 aromatic rings. The van der Waals surface area contributed by atoms with E-state index in [0.717, 1.165) is 6.07 Å². The van der Waals surface area contributed by atoms with E-state index in [1.807, 2.05) is 20.1 Å². The van der Waals surface area contributed by atoms with Crippen LogP contribution in [0, 0.1) is 5.82 Å². The summed E-state index contributed by atoms with van der Waals surface area (Å²) in [6.45, 7) is 4.55. The molecule has 4 N–H and O–H groups in total. The standard InChI is InChI=1S/C12H17FN2O2S/c1-12(2,18-3)6-15-10-4-7(11(16)17)9(14)5-8(10)13/h4-5,15H,6,14H2,1-3H3,(H,16,17). The SMILES string of the molecule is CSC(C)(C)CNc1cc(C(=O)O)c(N)cc1F. The fraction of sp³-hybridized carbons (Fsp3) is 0.417. The van der Waals surface area contributed by atoms with E-state index in [1.165, 1.54) is 6.07 Å². The van der Waals surface area contributed by atoms with Crippen LogP contribution < -0.4 is 11.1 Å². The molecule has 0 fully saturated rings. The highest BCUT2D eigenvalue weighted by molar-refractivity contribution is 7.99. The van der Waals surface area contributed by atoms with Gasteiger partial charge >= 0.3 is 5.97 Å². The molecule has 0 radical (unpaired) electrons. The molecule has 0 aromatic heterocycles. The van der Waals surface area contributed by atoms with Crippen molar-refractivity contribution in [1.29, 1.82) is 0 Å². The Balaban J connectivity index is 2.96. The molecule has 18 heavy (non-hydrogen) atoms. The van der Waals surface area contributed by atoms with Crippen molar-refractivity contribution in [3.8, 4) is 0 Å². The summed E-state index contributed by atoms with van der Waals surface area (Å²) >= 11 is 1.64. The monoisotopic (exact) mass is 272 g/mol. The summed E-state index contributed by atoms with van der Waals surface area (Å²) in [4.78, 5) is 10.9. The minimum Gasteiger partial charge on any atom is -0.478 e. The molecule has 1 aromatic carbocycles. The Morgan fingerprint density at radius 1 is 1.56 bits per heavy atom. The number of aromatic carboxylic acids is 1. The minimum atomic E-state index is -1.17. The van der Waals surface area contributed by atoms with Gasteiger partial charge in [0.05, 0.1) is 11.3 Å².